The second kappa shape index (κ2) is 10.8. The number of aryl methyl sites for hydroxylation is 1. The average Bonchev–Trinajstić information content (AvgIpc) is 2.58. The van der Waals surface area contributed by atoms with Gasteiger partial charge in [0.05, 0.1) is 0 Å². The smallest absolute Gasteiger partial charge is 0.223 e. The highest BCUT2D eigenvalue weighted by atomic mass is 35.5. The molecule has 5 heteroatoms. The minimum Gasteiger partial charge on any atom is -0.338 e. The first-order chi connectivity index (χ1) is 10.8. The lowest BCUT2D eigenvalue weighted by atomic mass is 10.1. The van der Waals surface area contributed by atoms with Crippen LogP contribution in [0.15, 0.2) is 54.7 Å². The van der Waals surface area contributed by atoms with Crippen molar-refractivity contribution in [3.8, 4) is 0 Å². The topological polar surface area (TPSA) is 59.2 Å². The van der Waals surface area contributed by atoms with Crippen LogP contribution in [0, 0.1) is 0 Å². The minimum absolute atomic E-state index is 0. The maximum Gasteiger partial charge on any atom is 0.223 e. The van der Waals surface area contributed by atoms with Crippen molar-refractivity contribution in [2.75, 3.05) is 13.1 Å². The molecular weight excluding hydrogens is 310 g/mol. The van der Waals surface area contributed by atoms with E-state index in [1.807, 2.05) is 53.4 Å². The third-order valence-electron chi connectivity index (χ3n) is 3.52. The number of carbonyl (C=O) groups is 1. The zero-order valence-electron chi connectivity index (χ0n) is 13.2. The molecule has 4 nitrogen and oxygen atoms in total. The van der Waals surface area contributed by atoms with E-state index in [0.717, 1.165) is 17.7 Å². The van der Waals surface area contributed by atoms with Gasteiger partial charge in [-0.3, -0.25) is 9.78 Å². The highest BCUT2D eigenvalue weighted by molar-refractivity contribution is 5.85. The molecule has 0 unspecified atom stereocenters. The number of benzene rings is 1. The van der Waals surface area contributed by atoms with E-state index in [1.54, 1.807) is 6.20 Å². The first kappa shape index (κ1) is 19.1. The minimum atomic E-state index is 0. The second-order valence-corrected chi connectivity index (χ2v) is 5.26. The fraction of sp³-hybridized carbons (Fsp3) is 0.333. The molecule has 0 aliphatic rings. The molecule has 0 fully saturated rings. The molecular formula is C18H24ClN3O. The second-order valence-electron chi connectivity index (χ2n) is 5.26. The molecule has 0 bridgehead atoms. The summed E-state index contributed by atoms with van der Waals surface area (Å²) < 4.78 is 0. The van der Waals surface area contributed by atoms with Crippen molar-refractivity contribution in [3.63, 3.8) is 0 Å². The zero-order chi connectivity index (χ0) is 15.6. The van der Waals surface area contributed by atoms with E-state index in [1.165, 1.54) is 0 Å². The fourth-order valence-electron chi connectivity index (χ4n) is 2.32. The highest BCUT2D eigenvalue weighted by Crippen LogP contribution is 2.08. The van der Waals surface area contributed by atoms with Crippen molar-refractivity contribution in [3.05, 3.63) is 66.0 Å². The summed E-state index contributed by atoms with van der Waals surface area (Å²) in [5, 5.41) is 0. The molecule has 2 N–H and O–H groups in total. The Bertz CT molecular complexity index is 563. The molecule has 0 radical (unpaired) electrons. The number of amides is 1. The van der Waals surface area contributed by atoms with E-state index >= 15 is 0 Å². The molecule has 1 heterocycles. The largest absolute Gasteiger partial charge is 0.338 e. The van der Waals surface area contributed by atoms with Crippen molar-refractivity contribution in [1.29, 1.82) is 0 Å². The van der Waals surface area contributed by atoms with Gasteiger partial charge in [-0.1, -0.05) is 36.4 Å². The summed E-state index contributed by atoms with van der Waals surface area (Å²) in [4.78, 5) is 18.6. The summed E-state index contributed by atoms with van der Waals surface area (Å²) in [7, 11) is 0. The Morgan fingerprint density at radius 1 is 1.09 bits per heavy atom. The molecule has 2 aromatic rings. The van der Waals surface area contributed by atoms with Gasteiger partial charge in [-0.25, -0.2) is 0 Å². The van der Waals surface area contributed by atoms with Gasteiger partial charge in [-0.05, 0) is 37.1 Å². The number of nitrogens with two attached hydrogens (primary N) is 1. The van der Waals surface area contributed by atoms with Crippen molar-refractivity contribution in [2.45, 2.75) is 25.8 Å². The lowest BCUT2D eigenvalue weighted by molar-refractivity contribution is -0.131. The van der Waals surface area contributed by atoms with Crippen LogP contribution in [0.1, 0.15) is 24.1 Å². The van der Waals surface area contributed by atoms with Gasteiger partial charge in [0.2, 0.25) is 5.91 Å². The first-order valence-corrected chi connectivity index (χ1v) is 7.71. The van der Waals surface area contributed by atoms with Gasteiger partial charge >= 0.3 is 0 Å². The summed E-state index contributed by atoms with van der Waals surface area (Å²) in [6.07, 6.45) is 3.74. The lowest BCUT2D eigenvalue weighted by Gasteiger charge is -2.22. The molecule has 0 atom stereocenters. The fourth-order valence-corrected chi connectivity index (χ4v) is 2.32. The van der Waals surface area contributed by atoms with Crippen LogP contribution in [0.25, 0.3) is 0 Å². The standard InChI is InChI=1S/C18H23N3O.ClH/c19-12-6-14-21(15-16-7-2-1-3-8-16)18(22)11-10-17-9-4-5-13-20-17;/h1-5,7-9,13H,6,10-12,14-15,19H2;1H. The van der Waals surface area contributed by atoms with Crippen LogP contribution in [0.3, 0.4) is 0 Å². The van der Waals surface area contributed by atoms with Crippen LogP contribution in [0.5, 0.6) is 0 Å². The van der Waals surface area contributed by atoms with E-state index in [-0.39, 0.29) is 18.3 Å². The number of carbonyl (C=O) groups excluding carboxylic acids is 1. The number of pyridine rings is 1. The molecule has 1 amide bonds. The summed E-state index contributed by atoms with van der Waals surface area (Å²) in [5.41, 5.74) is 7.68. The normalized spacial score (nSPS) is 9.96. The quantitative estimate of drug-likeness (QED) is 0.808. The third kappa shape index (κ3) is 6.80. The molecule has 1 aromatic carbocycles. The zero-order valence-corrected chi connectivity index (χ0v) is 14.0. The number of halogens is 1. The Balaban J connectivity index is 0.00000264. The van der Waals surface area contributed by atoms with Crippen LogP contribution in [-0.4, -0.2) is 28.9 Å². The van der Waals surface area contributed by atoms with Crippen LogP contribution >= 0.6 is 12.4 Å². The third-order valence-corrected chi connectivity index (χ3v) is 3.52. The Labute approximate surface area is 144 Å². The van der Waals surface area contributed by atoms with Crippen LogP contribution in [-0.2, 0) is 17.8 Å². The Hall–Kier alpha value is -1.91. The molecule has 0 aliphatic heterocycles. The number of hydrogen-bond acceptors (Lipinski definition) is 3. The van der Waals surface area contributed by atoms with Crippen molar-refractivity contribution < 1.29 is 4.79 Å². The Kier molecular flexibility index (Phi) is 8.95. The van der Waals surface area contributed by atoms with Gasteiger partial charge in [-0.15, -0.1) is 12.4 Å². The van der Waals surface area contributed by atoms with Gasteiger partial charge in [0.25, 0.3) is 0 Å². The van der Waals surface area contributed by atoms with Gasteiger partial charge in [-0.2, -0.15) is 0 Å². The monoisotopic (exact) mass is 333 g/mol. The average molecular weight is 334 g/mol. The van der Waals surface area contributed by atoms with Crippen molar-refractivity contribution in [2.24, 2.45) is 5.73 Å². The molecule has 0 saturated carbocycles. The highest BCUT2D eigenvalue weighted by Gasteiger charge is 2.13. The van der Waals surface area contributed by atoms with E-state index in [4.69, 9.17) is 5.73 Å². The summed E-state index contributed by atoms with van der Waals surface area (Å²) >= 11 is 0. The Morgan fingerprint density at radius 3 is 2.48 bits per heavy atom. The SMILES string of the molecule is Cl.NCCCN(Cc1ccccc1)C(=O)CCc1ccccn1. The van der Waals surface area contributed by atoms with Gasteiger partial charge < -0.3 is 10.6 Å². The van der Waals surface area contributed by atoms with Crippen LogP contribution < -0.4 is 5.73 Å². The molecule has 1 aromatic heterocycles. The van der Waals surface area contributed by atoms with Crippen molar-refractivity contribution in [1.82, 2.24) is 9.88 Å². The predicted octanol–water partition coefficient (Wildman–Crippen LogP) is 2.81. The molecule has 0 spiro atoms. The van der Waals surface area contributed by atoms with Gasteiger partial charge in [0.1, 0.15) is 0 Å². The predicted molar refractivity (Wildman–Crippen MR) is 95.3 cm³/mol. The van der Waals surface area contributed by atoms with Crippen LogP contribution in [0.4, 0.5) is 0 Å². The number of nitrogens with zero attached hydrogens (tertiary/aromatic N) is 2. The molecule has 23 heavy (non-hydrogen) atoms. The van der Waals surface area contributed by atoms with E-state index in [9.17, 15) is 4.79 Å². The maximum absolute atomic E-state index is 12.5. The molecule has 2 rings (SSSR count). The Morgan fingerprint density at radius 2 is 1.83 bits per heavy atom. The number of aromatic nitrogens is 1. The molecule has 124 valence electrons. The summed E-state index contributed by atoms with van der Waals surface area (Å²) in [6.45, 7) is 1.94. The van der Waals surface area contributed by atoms with Crippen LogP contribution in [0.2, 0.25) is 0 Å². The summed E-state index contributed by atoms with van der Waals surface area (Å²) in [5.74, 6) is 0.156. The molecule has 0 aliphatic carbocycles. The maximum atomic E-state index is 12.5. The lowest BCUT2D eigenvalue weighted by Crippen LogP contribution is -2.32. The summed E-state index contributed by atoms with van der Waals surface area (Å²) in [6, 6.07) is 15.8. The van der Waals surface area contributed by atoms with Gasteiger partial charge in [0, 0.05) is 31.4 Å². The van der Waals surface area contributed by atoms with E-state index in [2.05, 4.69) is 4.98 Å². The number of hydrogen-bond donors (Lipinski definition) is 1. The number of rotatable bonds is 8. The van der Waals surface area contributed by atoms with Crippen molar-refractivity contribution >= 4 is 18.3 Å². The van der Waals surface area contributed by atoms with Gasteiger partial charge in [0.15, 0.2) is 0 Å². The first-order valence-electron chi connectivity index (χ1n) is 7.71. The van der Waals surface area contributed by atoms with E-state index in [0.29, 0.717) is 32.5 Å². The van der Waals surface area contributed by atoms with E-state index < -0.39 is 0 Å². The molecule has 0 saturated heterocycles.